The SMILES string of the molecule is CCNC(=O)[C@H](CC)N(Cc1ccc(Cl)c(Cl)c1)C(=O)CN(C)S(=O)(=O)c1ccc(Cl)cc1. The van der Waals surface area contributed by atoms with Crippen LogP contribution in [-0.2, 0) is 26.2 Å². The van der Waals surface area contributed by atoms with Gasteiger partial charge in [0.05, 0.1) is 21.5 Å². The first-order valence-corrected chi connectivity index (χ1v) is 12.8. The summed E-state index contributed by atoms with van der Waals surface area (Å²) in [4.78, 5) is 27.3. The van der Waals surface area contributed by atoms with E-state index in [4.69, 9.17) is 34.8 Å². The maximum Gasteiger partial charge on any atom is 0.243 e. The van der Waals surface area contributed by atoms with Gasteiger partial charge in [-0.1, -0.05) is 47.8 Å². The van der Waals surface area contributed by atoms with Gasteiger partial charge in [-0.15, -0.1) is 0 Å². The fourth-order valence-corrected chi connectivity index (χ4v) is 4.77. The van der Waals surface area contributed by atoms with Crippen molar-refractivity contribution in [2.75, 3.05) is 20.1 Å². The van der Waals surface area contributed by atoms with Crippen LogP contribution in [0, 0.1) is 0 Å². The maximum absolute atomic E-state index is 13.3. The molecule has 0 fully saturated rings. The van der Waals surface area contributed by atoms with Crippen LogP contribution in [0.15, 0.2) is 47.4 Å². The van der Waals surface area contributed by atoms with E-state index in [0.717, 1.165) is 4.31 Å². The standard InChI is InChI=1S/C22H26Cl3N3O4S/c1-4-20(22(30)26-5-2)28(13-15-6-11-18(24)19(25)12-15)21(29)14-27(3)33(31,32)17-9-7-16(23)8-10-17/h6-12,20H,4-5,13-14H2,1-3H3,(H,26,30)/t20-/m0/s1. The summed E-state index contributed by atoms with van der Waals surface area (Å²) in [6.07, 6.45) is 0.340. The zero-order valence-corrected chi connectivity index (χ0v) is 21.6. The van der Waals surface area contributed by atoms with E-state index in [1.54, 1.807) is 32.0 Å². The van der Waals surface area contributed by atoms with Crippen molar-refractivity contribution in [3.8, 4) is 0 Å². The Morgan fingerprint density at radius 3 is 2.18 bits per heavy atom. The molecule has 0 aliphatic rings. The topological polar surface area (TPSA) is 86.8 Å². The molecule has 0 heterocycles. The number of likely N-dealkylation sites (N-methyl/N-ethyl adjacent to an activating group) is 2. The molecule has 33 heavy (non-hydrogen) atoms. The summed E-state index contributed by atoms with van der Waals surface area (Å²) < 4.78 is 26.8. The van der Waals surface area contributed by atoms with Crippen molar-refractivity contribution in [2.24, 2.45) is 0 Å². The van der Waals surface area contributed by atoms with Gasteiger partial charge >= 0.3 is 0 Å². The lowest BCUT2D eigenvalue weighted by molar-refractivity contribution is -0.141. The minimum Gasteiger partial charge on any atom is -0.355 e. The first-order chi connectivity index (χ1) is 15.5. The molecule has 2 aromatic rings. The fraction of sp³-hybridized carbons (Fsp3) is 0.364. The van der Waals surface area contributed by atoms with E-state index >= 15 is 0 Å². The van der Waals surface area contributed by atoms with Gasteiger partial charge in [-0.25, -0.2) is 8.42 Å². The van der Waals surface area contributed by atoms with Crippen molar-refractivity contribution in [1.82, 2.24) is 14.5 Å². The van der Waals surface area contributed by atoms with Crippen molar-refractivity contribution in [2.45, 2.75) is 37.8 Å². The predicted molar refractivity (Wildman–Crippen MR) is 131 cm³/mol. The number of sulfonamides is 1. The Morgan fingerprint density at radius 1 is 1.00 bits per heavy atom. The van der Waals surface area contributed by atoms with Crippen LogP contribution in [0.25, 0.3) is 0 Å². The highest BCUT2D eigenvalue weighted by Crippen LogP contribution is 2.24. The first-order valence-electron chi connectivity index (χ1n) is 10.2. The van der Waals surface area contributed by atoms with E-state index in [1.165, 1.54) is 36.2 Å². The molecule has 180 valence electrons. The number of nitrogens with zero attached hydrogens (tertiary/aromatic N) is 2. The van der Waals surface area contributed by atoms with Crippen LogP contribution in [0.2, 0.25) is 15.1 Å². The lowest BCUT2D eigenvalue weighted by Crippen LogP contribution is -2.51. The molecule has 0 aliphatic heterocycles. The normalized spacial score (nSPS) is 12.5. The summed E-state index contributed by atoms with van der Waals surface area (Å²) >= 11 is 18.0. The molecule has 0 aromatic heterocycles. The second-order valence-electron chi connectivity index (χ2n) is 7.30. The highest BCUT2D eigenvalue weighted by Gasteiger charge is 2.31. The second kappa shape index (κ2) is 12.0. The Morgan fingerprint density at radius 2 is 1.64 bits per heavy atom. The molecular weight excluding hydrogens is 509 g/mol. The number of nitrogens with one attached hydrogen (secondary N) is 1. The van der Waals surface area contributed by atoms with Crippen LogP contribution in [0.4, 0.5) is 0 Å². The number of amides is 2. The van der Waals surface area contributed by atoms with Gasteiger partial charge in [-0.05, 0) is 55.3 Å². The number of hydrogen-bond donors (Lipinski definition) is 1. The summed E-state index contributed by atoms with van der Waals surface area (Å²) in [7, 11) is -2.63. The molecule has 2 aromatic carbocycles. The molecular formula is C22H26Cl3N3O4S. The van der Waals surface area contributed by atoms with Gasteiger partial charge in [-0.3, -0.25) is 9.59 Å². The van der Waals surface area contributed by atoms with Crippen molar-refractivity contribution >= 4 is 56.6 Å². The number of rotatable bonds is 10. The molecule has 0 spiro atoms. The van der Waals surface area contributed by atoms with Gasteiger partial charge in [0.15, 0.2) is 0 Å². The molecule has 0 unspecified atom stereocenters. The van der Waals surface area contributed by atoms with Crippen LogP contribution < -0.4 is 5.32 Å². The summed E-state index contributed by atoms with van der Waals surface area (Å²) in [5.41, 5.74) is 0.656. The van der Waals surface area contributed by atoms with E-state index in [0.29, 0.717) is 33.6 Å². The molecule has 7 nitrogen and oxygen atoms in total. The fourth-order valence-electron chi connectivity index (χ4n) is 3.20. The largest absolute Gasteiger partial charge is 0.355 e. The number of benzene rings is 2. The van der Waals surface area contributed by atoms with Crippen LogP contribution in [0.3, 0.4) is 0 Å². The Balaban J connectivity index is 2.33. The number of hydrogen-bond acceptors (Lipinski definition) is 4. The van der Waals surface area contributed by atoms with Gasteiger partial charge < -0.3 is 10.2 Å². The predicted octanol–water partition coefficient (Wildman–Crippen LogP) is 4.21. The number of carbonyl (C=O) groups excluding carboxylic acids is 2. The van der Waals surface area contributed by atoms with Crippen molar-refractivity contribution in [3.63, 3.8) is 0 Å². The van der Waals surface area contributed by atoms with E-state index in [2.05, 4.69) is 5.32 Å². The van der Waals surface area contributed by atoms with Gasteiger partial charge in [0.1, 0.15) is 6.04 Å². The van der Waals surface area contributed by atoms with Crippen LogP contribution >= 0.6 is 34.8 Å². The molecule has 1 atom stereocenters. The first kappa shape index (κ1) is 27.4. The summed E-state index contributed by atoms with van der Waals surface area (Å²) in [6, 6.07) is 9.79. The Bertz CT molecular complexity index is 1090. The van der Waals surface area contributed by atoms with Crippen LogP contribution in [0.1, 0.15) is 25.8 Å². The molecule has 0 bridgehead atoms. The molecule has 2 rings (SSSR count). The second-order valence-corrected chi connectivity index (χ2v) is 10.6. The van der Waals surface area contributed by atoms with Crippen molar-refractivity contribution in [3.05, 3.63) is 63.1 Å². The van der Waals surface area contributed by atoms with E-state index in [9.17, 15) is 18.0 Å². The lowest BCUT2D eigenvalue weighted by atomic mass is 10.1. The maximum atomic E-state index is 13.3. The van der Waals surface area contributed by atoms with Gasteiger partial charge in [0, 0.05) is 25.2 Å². The zero-order chi connectivity index (χ0) is 24.8. The van der Waals surface area contributed by atoms with Crippen molar-refractivity contribution < 1.29 is 18.0 Å². The highest BCUT2D eigenvalue weighted by molar-refractivity contribution is 7.89. The third-order valence-electron chi connectivity index (χ3n) is 4.95. The van der Waals surface area contributed by atoms with E-state index < -0.39 is 28.5 Å². The minimum atomic E-state index is -3.94. The quantitative estimate of drug-likeness (QED) is 0.495. The van der Waals surface area contributed by atoms with E-state index in [-0.39, 0.29) is 17.3 Å². The average Bonchev–Trinajstić information content (AvgIpc) is 2.76. The van der Waals surface area contributed by atoms with Gasteiger partial charge in [0.25, 0.3) is 0 Å². The number of carbonyl (C=O) groups is 2. The summed E-state index contributed by atoms with van der Waals surface area (Å²) in [6.45, 7) is 3.56. The third kappa shape index (κ3) is 7.07. The Kier molecular flexibility index (Phi) is 10.00. The van der Waals surface area contributed by atoms with Crippen LogP contribution in [0.5, 0.6) is 0 Å². The van der Waals surface area contributed by atoms with Crippen molar-refractivity contribution in [1.29, 1.82) is 0 Å². The summed E-state index contributed by atoms with van der Waals surface area (Å²) in [5.74, 6) is -0.851. The molecule has 0 radical (unpaired) electrons. The lowest BCUT2D eigenvalue weighted by Gasteiger charge is -2.32. The molecule has 0 saturated carbocycles. The van der Waals surface area contributed by atoms with Gasteiger partial charge in [0.2, 0.25) is 21.8 Å². The monoisotopic (exact) mass is 533 g/mol. The number of halogens is 3. The Labute approximate surface area is 209 Å². The molecule has 11 heteroatoms. The smallest absolute Gasteiger partial charge is 0.243 e. The molecule has 2 amide bonds. The molecule has 0 aliphatic carbocycles. The van der Waals surface area contributed by atoms with Crippen LogP contribution in [-0.4, -0.2) is 55.6 Å². The molecule has 0 saturated heterocycles. The average molecular weight is 535 g/mol. The Hall–Kier alpha value is -1.84. The van der Waals surface area contributed by atoms with Gasteiger partial charge in [-0.2, -0.15) is 4.31 Å². The highest BCUT2D eigenvalue weighted by atomic mass is 35.5. The van der Waals surface area contributed by atoms with E-state index in [1.807, 2.05) is 0 Å². The zero-order valence-electron chi connectivity index (χ0n) is 18.5. The molecule has 1 N–H and O–H groups in total. The minimum absolute atomic E-state index is 0.00833. The third-order valence-corrected chi connectivity index (χ3v) is 7.76. The summed E-state index contributed by atoms with van der Waals surface area (Å²) in [5, 5.41) is 3.80.